The van der Waals surface area contributed by atoms with Crippen molar-refractivity contribution in [3.63, 3.8) is 0 Å². The van der Waals surface area contributed by atoms with Crippen LogP contribution in [-0.2, 0) is 10.2 Å². The third kappa shape index (κ3) is 3.03. The lowest BCUT2D eigenvalue weighted by Crippen LogP contribution is -2.58. The lowest BCUT2D eigenvalue weighted by molar-refractivity contribution is -0.143. The minimum atomic E-state index is -0.196. The van der Waals surface area contributed by atoms with Crippen molar-refractivity contribution in [1.29, 1.82) is 0 Å². The molecule has 0 spiro atoms. The minimum Gasteiger partial charge on any atom is -0.325 e. The van der Waals surface area contributed by atoms with E-state index >= 15 is 0 Å². The SMILES string of the molecule is Cc1ccc(C23C[C@@H]4C[C@H](CC(C(=O)Nc5c(C)cc(C)cc5C)(C4)C2)C3)cc1. The van der Waals surface area contributed by atoms with Crippen LogP contribution in [0.4, 0.5) is 5.69 Å². The van der Waals surface area contributed by atoms with Crippen LogP contribution in [-0.4, -0.2) is 5.91 Å². The summed E-state index contributed by atoms with van der Waals surface area (Å²) in [6.07, 6.45) is 7.03. The molecule has 29 heavy (non-hydrogen) atoms. The molecule has 4 saturated carbocycles. The highest BCUT2D eigenvalue weighted by Crippen LogP contribution is 2.66. The van der Waals surface area contributed by atoms with Crippen LogP contribution in [0.25, 0.3) is 0 Å². The molecule has 0 aliphatic heterocycles. The Morgan fingerprint density at radius 3 is 2.03 bits per heavy atom. The molecule has 6 rings (SSSR count). The van der Waals surface area contributed by atoms with Crippen LogP contribution < -0.4 is 5.32 Å². The van der Waals surface area contributed by atoms with Gasteiger partial charge in [0, 0.05) is 5.69 Å². The average molecular weight is 388 g/mol. The Morgan fingerprint density at radius 2 is 1.45 bits per heavy atom. The van der Waals surface area contributed by atoms with Gasteiger partial charge in [-0.2, -0.15) is 0 Å². The molecule has 0 heterocycles. The van der Waals surface area contributed by atoms with Gasteiger partial charge in [-0.15, -0.1) is 0 Å². The molecule has 2 aromatic rings. The zero-order valence-electron chi connectivity index (χ0n) is 18.3. The summed E-state index contributed by atoms with van der Waals surface area (Å²) < 4.78 is 0. The number of carbonyl (C=O) groups is 1. The maximum Gasteiger partial charge on any atom is 0.230 e. The van der Waals surface area contributed by atoms with Crippen molar-refractivity contribution in [2.45, 2.75) is 71.6 Å². The standard InChI is InChI=1S/C27H33NO/c1-17-5-7-23(8-6-17)26-12-21-11-22(13-26)15-27(14-21,16-26)25(29)28-24-19(3)9-18(2)10-20(24)4/h5-10,21-22H,11-16H2,1-4H3,(H,28,29)/t21-,22-,26?,27?/m0/s1. The van der Waals surface area contributed by atoms with Crippen molar-refractivity contribution in [2.75, 3.05) is 5.32 Å². The fraction of sp³-hybridized carbons (Fsp3) is 0.519. The van der Waals surface area contributed by atoms with E-state index < -0.39 is 0 Å². The first kappa shape index (κ1) is 18.9. The summed E-state index contributed by atoms with van der Waals surface area (Å²) in [5, 5.41) is 3.40. The molecule has 4 bridgehead atoms. The maximum absolute atomic E-state index is 13.8. The van der Waals surface area contributed by atoms with Gasteiger partial charge in [0.2, 0.25) is 5.91 Å². The first-order chi connectivity index (χ1) is 13.8. The summed E-state index contributed by atoms with van der Waals surface area (Å²) in [5.74, 6) is 1.67. The highest BCUT2D eigenvalue weighted by atomic mass is 16.2. The molecule has 2 aromatic carbocycles. The molecule has 152 valence electrons. The Bertz CT molecular complexity index is 934. The number of amides is 1. The van der Waals surface area contributed by atoms with E-state index in [4.69, 9.17) is 0 Å². The van der Waals surface area contributed by atoms with E-state index in [1.165, 1.54) is 47.1 Å². The molecular formula is C27H33NO. The Hall–Kier alpha value is -2.09. The van der Waals surface area contributed by atoms with Crippen molar-refractivity contribution >= 4 is 11.6 Å². The predicted molar refractivity (Wildman–Crippen MR) is 119 cm³/mol. The van der Waals surface area contributed by atoms with Crippen molar-refractivity contribution < 1.29 is 4.79 Å². The van der Waals surface area contributed by atoms with E-state index in [0.717, 1.165) is 24.9 Å². The van der Waals surface area contributed by atoms with E-state index in [9.17, 15) is 4.79 Å². The third-order valence-corrected chi connectivity index (χ3v) is 8.12. The molecular weight excluding hydrogens is 354 g/mol. The minimum absolute atomic E-state index is 0.196. The van der Waals surface area contributed by atoms with Gasteiger partial charge in [0.25, 0.3) is 0 Å². The van der Waals surface area contributed by atoms with Crippen LogP contribution in [0.3, 0.4) is 0 Å². The van der Waals surface area contributed by atoms with Crippen molar-refractivity contribution in [2.24, 2.45) is 17.3 Å². The van der Waals surface area contributed by atoms with E-state index in [2.05, 4.69) is 69.4 Å². The Morgan fingerprint density at radius 1 is 0.862 bits per heavy atom. The Labute approximate surface area is 175 Å². The van der Waals surface area contributed by atoms with Crippen molar-refractivity contribution in [1.82, 2.24) is 0 Å². The number of aryl methyl sites for hydroxylation is 4. The van der Waals surface area contributed by atoms with Gasteiger partial charge in [0.1, 0.15) is 0 Å². The first-order valence-electron chi connectivity index (χ1n) is 11.3. The van der Waals surface area contributed by atoms with Crippen LogP contribution in [0.2, 0.25) is 0 Å². The summed E-state index contributed by atoms with van der Waals surface area (Å²) in [5.41, 5.74) is 7.42. The quantitative estimate of drug-likeness (QED) is 0.649. The number of anilines is 1. The molecule has 4 aliphatic carbocycles. The van der Waals surface area contributed by atoms with Crippen LogP contribution in [0.15, 0.2) is 36.4 Å². The van der Waals surface area contributed by atoms with Gasteiger partial charge in [0.15, 0.2) is 0 Å². The van der Waals surface area contributed by atoms with Crippen LogP contribution in [0.1, 0.15) is 66.3 Å². The Balaban J connectivity index is 1.49. The molecule has 2 nitrogen and oxygen atoms in total. The van der Waals surface area contributed by atoms with Gasteiger partial charge in [-0.3, -0.25) is 4.79 Å². The molecule has 4 aliphatic rings. The lowest BCUT2D eigenvalue weighted by Gasteiger charge is -2.61. The number of hydrogen-bond donors (Lipinski definition) is 1. The topological polar surface area (TPSA) is 29.1 Å². The van der Waals surface area contributed by atoms with Gasteiger partial charge in [0.05, 0.1) is 5.41 Å². The molecule has 1 N–H and O–H groups in total. The number of benzene rings is 2. The molecule has 2 heteroatoms. The highest BCUT2D eigenvalue weighted by Gasteiger charge is 2.60. The molecule has 0 radical (unpaired) electrons. The molecule has 2 atom stereocenters. The largest absolute Gasteiger partial charge is 0.325 e. The van der Waals surface area contributed by atoms with Crippen LogP contribution in [0.5, 0.6) is 0 Å². The van der Waals surface area contributed by atoms with Crippen molar-refractivity contribution in [3.8, 4) is 0 Å². The normalized spacial score (nSPS) is 32.4. The fourth-order valence-corrected chi connectivity index (χ4v) is 7.40. The maximum atomic E-state index is 13.8. The van der Waals surface area contributed by atoms with Gasteiger partial charge in [-0.05, 0) is 100 Å². The summed E-state index contributed by atoms with van der Waals surface area (Å²) in [6.45, 7) is 8.51. The summed E-state index contributed by atoms with van der Waals surface area (Å²) in [6, 6.07) is 13.5. The second-order valence-electron chi connectivity index (χ2n) is 10.6. The Kier molecular flexibility index (Phi) is 4.21. The van der Waals surface area contributed by atoms with Crippen LogP contribution in [0, 0.1) is 44.9 Å². The van der Waals surface area contributed by atoms with Gasteiger partial charge in [-0.25, -0.2) is 0 Å². The summed E-state index contributed by atoms with van der Waals surface area (Å²) in [4.78, 5) is 13.8. The van der Waals surface area contributed by atoms with E-state index in [0.29, 0.717) is 11.8 Å². The first-order valence-corrected chi connectivity index (χ1v) is 11.3. The van der Waals surface area contributed by atoms with Crippen LogP contribution >= 0.6 is 0 Å². The van der Waals surface area contributed by atoms with Crippen molar-refractivity contribution in [3.05, 3.63) is 64.2 Å². The van der Waals surface area contributed by atoms with Gasteiger partial charge < -0.3 is 5.32 Å². The predicted octanol–water partition coefficient (Wildman–Crippen LogP) is 6.40. The third-order valence-electron chi connectivity index (χ3n) is 8.12. The van der Waals surface area contributed by atoms with E-state index in [1.807, 2.05) is 0 Å². The summed E-state index contributed by atoms with van der Waals surface area (Å²) >= 11 is 0. The molecule has 0 saturated heterocycles. The van der Waals surface area contributed by atoms with E-state index in [1.54, 1.807) is 0 Å². The highest BCUT2D eigenvalue weighted by molar-refractivity contribution is 5.97. The second kappa shape index (κ2) is 6.45. The molecule has 0 unspecified atom stereocenters. The van der Waals surface area contributed by atoms with E-state index in [-0.39, 0.29) is 16.7 Å². The van der Waals surface area contributed by atoms with Gasteiger partial charge in [-0.1, -0.05) is 47.5 Å². The number of nitrogens with one attached hydrogen (secondary N) is 1. The average Bonchev–Trinajstić information content (AvgIpc) is 2.63. The number of hydrogen-bond acceptors (Lipinski definition) is 1. The fourth-order valence-electron chi connectivity index (χ4n) is 7.40. The number of carbonyl (C=O) groups excluding carboxylic acids is 1. The smallest absolute Gasteiger partial charge is 0.230 e. The zero-order valence-corrected chi connectivity index (χ0v) is 18.3. The second-order valence-corrected chi connectivity index (χ2v) is 10.6. The molecule has 1 amide bonds. The number of rotatable bonds is 3. The zero-order chi connectivity index (χ0) is 20.4. The van der Waals surface area contributed by atoms with Gasteiger partial charge >= 0.3 is 0 Å². The molecule has 4 fully saturated rings. The lowest BCUT2D eigenvalue weighted by atomic mass is 9.42. The summed E-state index contributed by atoms with van der Waals surface area (Å²) in [7, 11) is 0. The molecule has 0 aromatic heterocycles. The monoisotopic (exact) mass is 387 g/mol.